The molecule has 0 spiro atoms. The number of nitrogens with one attached hydrogen (secondary N) is 2. The highest BCUT2D eigenvalue weighted by Gasteiger charge is 2.36. The summed E-state index contributed by atoms with van der Waals surface area (Å²) in [6.07, 6.45) is 2.52. The zero-order valence-corrected chi connectivity index (χ0v) is 17.1. The van der Waals surface area contributed by atoms with E-state index in [1.807, 2.05) is 0 Å². The first-order chi connectivity index (χ1) is 12.3. The minimum Gasteiger partial charge on any atom is -0.346 e. The van der Waals surface area contributed by atoms with Gasteiger partial charge in [0.2, 0.25) is 21.8 Å². The highest BCUT2D eigenvalue weighted by molar-refractivity contribution is 9.10. The number of halogens is 1. The standard InChI is InChI=1S/C17H24BrN3O4S/c1-2-11-26(24,25)21-10-4-3-5-15(21)17(23)19-12-16(22)20-14-8-6-13(18)7-9-14/h6-9,15H,2-5,10-12H2,1H3,(H,19,23)(H,20,22). The van der Waals surface area contributed by atoms with E-state index in [1.165, 1.54) is 4.31 Å². The Kier molecular flexibility index (Phi) is 7.60. The summed E-state index contributed by atoms with van der Waals surface area (Å²) in [5, 5.41) is 5.24. The highest BCUT2D eigenvalue weighted by Crippen LogP contribution is 2.21. The van der Waals surface area contributed by atoms with E-state index in [-0.39, 0.29) is 18.2 Å². The van der Waals surface area contributed by atoms with Gasteiger partial charge >= 0.3 is 0 Å². The number of piperidine rings is 1. The van der Waals surface area contributed by atoms with E-state index in [0.717, 1.165) is 17.3 Å². The Morgan fingerprint density at radius 1 is 1.23 bits per heavy atom. The number of sulfonamides is 1. The van der Waals surface area contributed by atoms with Gasteiger partial charge in [0, 0.05) is 16.7 Å². The molecule has 2 N–H and O–H groups in total. The molecule has 2 amide bonds. The Labute approximate surface area is 162 Å². The summed E-state index contributed by atoms with van der Waals surface area (Å²) < 4.78 is 26.9. The third-order valence-corrected chi connectivity index (χ3v) is 6.73. The van der Waals surface area contributed by atoms with Crippen molar-refractivity contribution in [2.45, 2.75) is 38.6 Å². The lowest BCUT2D eigenvalue weighted by molar-refractivity contribution is -0.127. The molecule has 144 valence electrons. The highest BCUT2D eigenvalue weighted by atomic mass is 79.9. The van der Waals surface area contributed by atoms with Crippen LogP contribution < -0.4 is 10.6 Å². The Morgan fingerprint density at radius 2 is 1.92 bits per heavy atom. The minimum atomic E-state index is -3.45. The number of anilines is 1. The second-order valence-corrected chi connectivity index (χ2v) is 9.17. The summed E-state index contributed by atoms with van der Waals surface area (Å²) in [5.74, 6) is -0.754. The van der Waals surface area contributed by atoms with Crippen LogP contribution in [-0.2, 0) is 19.6 Å². The van der Waals surface area contributed by atoms with Crippen molar-refractivity contribution in [1.29, 1.82) is 0 Å². The number of hydrogen-bond donors (Lipinski definition) is 2. The molecule has 0 aliphatic carbocycles. The first-order valence-electron chi connectivity index (χ1n) is 8.66. The molecule has 0 saturated carbocycles. The van der Waals surface area contributed by atoms with Crippen LogP contribution in [0.4, 0.5) is 5.69 Å². The van der Waals surface area contributed by atoms with E-state index in [1.54, 1.807) is 31.2 Å². The van der Waals surface area contributed by atoms with Crippen molar-refractivity contribution in [3.63, 3.8) is 0 Å². The Balaban J connectivity index is 1.92. The van der Waals surface area contributed by atoms with Gasteiger partial charge < -0.3 is 10.6 Å². The number of hydrogen-bond acceptors (Lipinski definition) is 4. The summed E-state index contributed by atoms with van der Waals surface area (Å²) >= 11 is 3.31. The second-order valence-electron chi connectivity index (χ2n) is 6.21. The van der Waals surface area contributed by atoms with Crippen molar-refractivity contribution < 1.29 is 18.0 Å². The number of benzene rings is 1. The van der Waals surface area contributed by atoms with E-state index < -0.39 is 22.0 Å². The predicted octanol–water partition coefficient (Wildman–Crippen LogP) is 2.10. The molecular formula is C17H24BrN3O4S. The lowest BCUT2D eigenvalue weighted by Crippen LogP contribution is -2.53. The molecule has 0 bridgehead atoms. The van der Waals surface area contributed by atoms with Crippen molar-refractivity contribution in [1.82, 2.24) is 9.62 Å². The van der Waals surface area contributed by atoms with Gasteiger partial charge in [0.15, 0.2) is 0 Å². The van der Waals surface area contributed by atoms with Gasteiger partial charge in [0.25, 0.3) is 0 Å². The largest absolute Gasteiger partial charge is 0.346 e. The molecule has 2 rings (SSSR count). The monoisotopic (exact) mass is 445 g/mol. The zero-order chi connectivity index (χ0) is 19.2. The molecule has 1 aromatic rings. The van der Waals surface area contributed by atoms with Crippen LogP contribution in [0.15, 0.2) is 28.7 Å². The number of rotatable bonds is 7. The summed E-state index contributed by atoms with van der Waals surface area (Å²) in [4.78, 5) is 24.5. The molecule has 9 heteroatoms. The van der Waals surface area contributed by atoms with E-state index >= 15 is 0 Å². The van der Waals surface area contributed by atoms with E-state index in [2.05, 4.69) is 26.6 Å². The van der Waals surface area contributed by atoms with Crippen molar-refractivity contribution in [3.8, 4) is 0 Å². The third kappa shape index (κ3) is 5.78. The van der Waals surface area contributed by atoms with Gasteiger partial charge in [-0.2, -0.15) is 4.31 Å². The van der Waals surface area contributed by atoms with Crippen molar-refractivity contribution in [2.75, 3.05) is 24.2 Å². The maximum Gasteiger partial charge on any atom is 0.243 e. The summed E-state index contributed by atoms with van der Waals surface area (Å²) in [7, 11) is -3.45. The van der Waals surface area contributed by atoms with Crippen LogP contribution in [0.25, 0.3) is 0 Å². The molecular weight excluding hydrogens is 422 g/mol. The van der Waals surface area contributed by atoms with Crippen LogP contribution in [-0.4, -0.2) is 49.4 Å². The molecule has 1 unspecified atom stereocenters. The predicted molar refractivity (Wildman–Crippen MR) is 104 cm³/mol. The molecule has 1 aliphatic rings. The minimum absolute atomic E-state index is 0.0286. The molecule has 26 heavy (non-hydrogen) atoms. The van der Waals surface area contributed by atoms with Crippen LogP contribution in [0.1, 0.15) is 32.6 Å². The number of nitrogens with zero attached hydrogens (tertiary/aromatic N) is 1. The first kappa shape index (κ1) is 20.9. The fourth-order valence-electron chi connectivity index (χ4n) is 2.90. The molecule has 7 nitrogen and oxygen atoms in total. The molecule has 0 aromatic heterocycles. The maximum absolute atomic E-state index is 12.5. The van der Waals surface area contributed by atoms with Crippen molar-refractivity contribution in [2.24, 2.45) is 0 Å². The van der Waals surface area contributed by atoms with Crippen LogP contribution >= 0.6 is 15.9 Å². The topological polar surface area (TPSA) is 95.6 Å². The van der Waals surface area contributed by atoms with E-state index in [0.29, 0.717) is 25.1 Å². The van der Waals surface area contributed by atoms with Gasteiger partial charge in [-0.15, -0.1) is 0 Å². The molecule has 0 radical (unpaired) electrons. The smallest absolute Gasteiger partial charge is 0.243 e. The van der Waals surface area contributed by atoms with Crippen molar-refractivity contribution >= 4 is 43.5 Å². The average molecular weight is 446 g/mol. The number of carbonyl (C=O) groups is 2. The Bertz CT molecular complexity index is 737. The fourth-order valence-corrected chi connectivity index (χ4v) is 4.91. The van der Waals surface area contributed by atoms with Gasteiger partial charge in [-0.25, -0.2) is 8.42 Å². The molecule has 1 aliphatic heterocycles. The summed E-state index contributed by atoms with van der Waals surface area (Å²) in [6, 6.07) is 6.34. The lowest BCUT2D eigenvalue weighted by atomic mass is 10.0. The van der Waals surface area contributed by atoms with Crippen molar-refractivity contribution in [3.05, 3.63) is 28.7 Å². The molecule has 1 saturated heterocycles. The first-order valence-corrected chi connectivity index (χ1v) is 11.1. The van der Waals surface area contributed by atoms with Gasteiger partial charge in [-0.05, 0) is 43.5 Å². The third-order valence-electron chi connectivity index (χ3n) is 4.13. The molecule has 1 fully saturated rings. The summed E-state index contributed by atoms with van der Waals surface area (Å²) in [6.45, 7) is 1.95. The van der Waals surface area contributed by atoms with E-state index in [4.69, 9.17) is 0 Å². The van der Waals surface area contributed by atoms with Crippen LogP contribution in [0.2, 0.25) is 0 Å². The van der Waals surface area contributed by atoms with Gasteiger partial charge in [0.1, 0.15) is 6.04 Å². The second kappa shape index (κ2) is 9.48. The maximum atomic E-state index is 12.5. The SMILES string of the molecule is CCCS(=O)(=O)N1CCCCC1C(=O)NCC(=O)Nc1ccc(Br)cc1. The van der Waals surface area contributed by atoms with Crippen LogP contribution in [0, 0.1) is 0 Å². The normalized spacial score (nSPS) is 18.3. The Morgan fingerprint density at radius 3 is 2.58 bits per heavy atom. The number of amides is 2. The lowest BCUT2D eigenvalue weighted by Gasteiger charge is -2.33. The van der Waals surface area contributed by atoms with Gasteiger partial charge in [-0.1, -0.05) is 29.3 Å². The van der Waals surface area contributed by atoms with Crippen LogP contribution in [0.5, 0.6) is 0 Å². The van der Waals surface area contributed by atoms with Gasteiger partial charge in [-0.3, -0.25) is 9.59 Å². The van der Waals surface area contributed by atoms with Gasteiger partial charge in [0.05, 0.1) is 12.3 Å². The Hall–Kier alpha value is -1.45. The average Bonchev–Trinajstić information content (AvgIpc) is 2.61. The summed E-state index contributed by atoms with van der Waals surface area (Å²) in [5.41, 5.74) is 0.622. The number of carbonyl (C=O) groups excluding carboxylic acids is 2. The zero-order valence-electron chi connectivity index (χ0n) is 14.7. The molecule has 1 aromatic carbocycles. The molecule has 1 atom stereocenters. The quantitative estimate of drug-likeness (QED) is 0.671. The van der Waals surface area contributed by atoms with E-state index in [9.17, 15) is 18.0 Å². The fraction of sp³-hybridized carbons (Fsp3) is 0.529. The van der Waals surface area contributed by atoms with Crippen LogP contribution in [0.3, 0.4) is 0 Å². The molecule has 1 heterocycles.